The maximum atomic E-state index is 11.2. The van der Waals surface area contributed by atoms with Crippen LogP contribution in [-0.2, 0) is 17.6 Å². The van der Waals surface area contributed by atoms with Crippen LogP contribution >= 0.6 is 0 Å². The quantitative estimate of drug-likeness (QED) is 0.757. The number of esters is 1. The van der Waals surface area contributed by atoms with E-state index in [1.807, 2.05) is 18.2 Å². The highest BCUT2D eigenvalue weighted by Crippen LogP contribution is 2.09. The van der Waals surface area contributed by atoms with Gasteiger partial charge in [0.05, 0.1) is 7.11 Å². The molecule has 4 nitrogen and oxygen atoms in total. The summed E-state index contributed by atoms with van der Waals surface area (Å²) in [4.78, 5) is 11.2. The molecule has 0 fully saturated rings. The molecule has 2 rings (SSSR count). The van der Waals surface area contributed by atoms with Crippen LogP contribution in [0.25, 0.3) is 0 Å². The number of rotatable bonds is 4. The first kappa shape index (κ1) is 11.4. The first-order valence-electron chi connectivity index (χ1n) is 5.37. The Morgan fingerprint density at radius 1 is 1.29 bits per heavy atom. The lowest BCUT2D eigenvalue weighted by Gasteiger charge is -1.96. The number of nitrogens with zero attached hydrogens (tertiary/aromatic N) is 1. The second-order valence-electron chi connectivity index (χ2n) is 3.66. The minimum atomic E-state index is -0.472. The van der Waals surface area contributed by atoms with Crippen LogP contribution in [0.4, 0.5) is 0 Å². The van der Waals surface area contributed by atoms with E-state index in [0.717, 1.165) is 6.42 Å². The molecule has 0 aliphatic carbocycles. The van der Waals surface area contributed by atoms with Gasteiger partial charge in [-0.2, -0.15) is 0 Å². The van der Waals surface area contributed by atoms with Gasteiger partial charge in [-0.1, -0.05) is 35.5 Å². The molecule has 0 amide bonds. The number of methoxy groups -OCH3 is 1. The summed E-state index contributed by atoms with van der Waals surface area (Å²) in [6, 6.07) is 11.7. The van der Waals surface area contributed by atoms with Crippen molar-refractivity contribution < 1.29 is 14.1 Å². The number of hydrogen-bond donors (Lipinski definition) is 0. The molecule has 0 saturated heterocycles. The van der Waals surface area contributed by atoms with E-state index in [0.29, 0.717) is 12.2 Å². The molecule has 0 aliphatic heterocycles. The molecule has 0 atom stereocenters. The van der Waals surface area contributed by atoms with Gasteiger partial charge in [0, 0.05) is 12.5 Å². The van der Waals surface area contributed by atoms with Gasteiger partial charge in [-0.3, -0.25) is 0 Å². The third-order valence-electron chi connectivity index (χ3n) is 2.46. The van der Waals surface area contributed by atoms with Gasteiger partial charge in [-0.15, -0.1) is 0 Å². The van der Waals surface area contributed by atoms with Gasteiger partial charge in [0.2, 0.25) is 0 Å². The van der Waals surface area contributed by atoms with Crippen molar-refractivity contribution in [3.8, 4) is 0 Å². The molecule has 1 aromatic heterocycles. The highest BCUT2D eigenvalue weighted by Gasteiger charge is 2.12. The van der Waals surface area contributed by atoms with Crippen LogP contribution in [0.5, 0.6) is 0 Å². The van der Waals surface area contributed by atoms with E-state index in [-0.39, 0.29) is 5.69 Å². The molecular formula is C13H13NO3. The molecule has 0 N–H and O–H groups in total. The third-order valence-corrected chi connectivity index (χ3v) is 2.46. The number of hydrogen-bond acceptors (Lipinski definition) is 4. The second-order valence-corrected chi connectivity index (χ2v) is 3.66. The molecule has 1 heterocycles. The van der Waals surface area contributed by atoms with Crippen LogP contribution in [-0.4, -0.2) is 18.2 Å². The number of carbonyl (C=O) groups is 1. The summed E-state index contributed by atoms with van der Waals surface area (Å²) in [6.45, 7) is 0. The van der Waals surface area contributed by atoms with Crippen molar-refractivity contribution in [3.05, 3.63) is 53.4 Å². The Labute approximate surface area is 99.2 Å². The number of aromatic nitrogens is 1. The Bertz CT molecular complexity index is 490. The van der Waals surface area contributed by atoms with E-state index in [2.05, 4.69) is 22.0 Å². The minimum absolute atomic E-state index is 0.218. The number of carbonyl (C=O) groups excluding carboxylic acids is 1. The number of aryl methyl sites for hydroxylation is 2. The summed E-state index contributed by atoms with van der Waals surface area (Å²) in [6.07, 6.45) is 1.57. The fraction of sp³-hybridized carbons (Fsp3) is 0.231. The molecule has 17 heavy (non-hydrogen) atoms. The monoisotopic (exact) mass is 231 g/mol. The highest BCUT2D eigenvalue weighted by atomic mass is 16.5. The van der Waals surface area contributed by atoms with Crippen LogP contribution in [0, 0.1) is 0 Å². The van der Waals surface area contributed by atoms with Gasteiger partial charge >= 0.3 is 5.97 Å². The minimum Gasteiger partial charge on any atom is -0.464 e. The predicted octanol–water partition coefficient (Wildman–Crippen LogP) is 2.25. The van der Waals surface area contributed by atoms with Crippen LogP contribution < -0.4 is 0 Å². The molecule has 0 bridgehead atoms. The molecular weight excluding hydrogens is 218 g/mol. The van der Waals surface area contributed by atoms with Crippen LogP contribution in [0.2, 0.25) is 0 Å². The molecule has 0 aliphatic rings. The van der Waals surface area contributed by atoms with Crippen LogP contribution in [0.3, 0.4) is 0 Å². The molecule has 0 unspecified atom stereocenters. The zero-order valence-corrected chi connectivity index (χ0v) is 9.55. The van der Waals surface area contributed by atoms with Gasteiger partial charge in [0.1, 0.15) is 5.76 Å². The predicted molar refractivity (Wildman–Crippen MR) is 61.7 cm³/mol. The van der Waals surface area contributed by atoms with Gasteiger partial charge in [0.15, 0.2) is 5.69 Å². The Morgan fingerprint density at radius 3 is 2.76 bits per heavy atom. The van der Waals surface area contributed by atoms with Crippen LogP contribution in [0.1, 0.15) is 21.8 Å². The normalized spacial score (nSPS) is 10.2. The summed E-state index contributed by atoms with van der Waals surface area (Å²) in [5, 5.41) is 3.65. The standard InChI is InChI=1S/C13H13NO3/c1-16-13(15)12-9-11(17-14-12)8-7-10-5-3-2-4-6-10/h2-6,9H,7-8H2,1H3. The molecule has 0 spiro atoms. The third kappa shape index (κ3) is 2.93. The largest absolute Gasteiger partial charge is 0.464 e. The smallest absolute Gasteiger partial charge is 0.360 e. The van der Waals surface area contributed by atoms with Crippen molar-refractivity contribution in [3.63, 3.8) is 0 Å². The van der Waals surface area contributed by atoms with E-state index in [4.69, 9.17) is 4.52 Å². The highest BCUT2D eigenvalue weighted by molar-refractivity contribution is 5.86. The average Bonchev–Trinajstić information content (AvgIpc) is 2.85. The van der Waals surface area contributed by atoms with E-state index in [1.54, 1.807) is 6.07 Å². The zero-order valence-electron chi connectivity index (χ0n) is 9.55. The molecule has 88 valence electrons. The van der Waals surface area contributed by atoms with Gasteiger partial charge < -0.3 is 9.26 Å². The number of ether oxygens (including phenoxy) is 1. The van der Waals surface area contributed by atoms with E-state index >= 15 is 0 Å². The molecule has 0 saturated carbocycles. The molecule has 2 aromatic rings. The summed E-state index contributed by atoms with van der Waals surface area (Å²) in [7, 11) is 1.32. The lowest BCUT2D eigenvalue weighted by Crippen LogP contribution is -2.00. The van der Waals surface area contributed by atoms with Crippen molar-refractivity contribution in [1.29, 1.82) is 0 Å². The van der Waals surface area contributed by atoms with Gasteiger partial charge in [-0.25, -0.2) is 4.79 Å². The van der Waals surface area contributed by atoms with Crippen molar-refractivity contribution >= 4 is 5.97 Å². The fourth-order valence-electron chi connectivity index (χ4n) is 1.54. The maximum Gasteiger partial charge on any atom is 0.360 e. The van der Waals surface area contributed by atoms with E-state index in [1.165, 1.54) is 12.7 Å². The van der Waals surface area contributed by atoms with Crippen molar-refractivity contribution in [2.45, 2.75) is 12.8 Å². The van der Waals surface area contributed by atoms with Crippen molar-refractivity contribution in [2.75, 3.05) is 7.11 Å². The Morgan fingerprint density at radius 2 is 2.06 bits per heavy atom. The van der Waals surface area contributed by atoms with Crippen molar-refractivity contribution in [1.82, 2.24) is 5.16 Å². The van der Waals surface area contributed by atoms with Gasteiger partial charge in [0.25, 0.3) is 0 Å². The van der Waals surface area contributed by atoms with Crippen LogP contribution in [0.15, 0.2) is 40.9 Å². The Hall–Kier alpha value is -2.10. The average molecular weight is 231 g/mol. The second kappa shape index (κ2) is 5.30. The summed E-state index contributed by atoms with van der Waals surface area (Å²) >= 11 is 0. The lowest BCUT2D eigenvalue weighted by atomic mass is 10.1. The Kier molecular flexibility index (Phi) is 3.55. The van der Waals surface area contributed by atoms with E-state index < -0.39 is 5.97 Å². The van der Waals surface area contributed by atoms with Crippen molar-refractivity contribution in [2.24, 2.45) is 0 Å². The maximum absolute atomic E-state index is 11.2. The molecule has 0 radical (unpaired) electrons. The van der Waals surface area contributed by atoms with E-state index in [9.17, 15) is 4.79 Å². The summed E-state index contributed by atoms with van der Waals surface area (Å²) < 4.78 is 9.61. The SMILES string of the molecule is COC(=O)c1cc(CCc2ccccc2)on1. The zero-order chi connectivity index (χ0) is 12.1. The lowest BCUT2D eigenvalue weighted by molar-refractivity contribution is 0.0589. The first-order chi connectivity index (χ1) is 8.29. The molecule has 1 aromatic carbocycles. The topological polar surface area (TPSA) is 52.3 Å². The van der Waals surface area contributed by atoms with Gasteiger partial charge in [-0.05, 0) is 12.0 Å². The fourth-order valence-corrected chi connectivity index (χ4v) is 1.54. The summed E-state index contributed by atoms with van der Waals surface area (Å²) in [5.41, 5.74) is 1.44. The summed E-state index contributed by atoms with van der Waals surface area (Å²) in [5.74, 6) is 0.217. The first-order valence-corrected chi connectivity index (χ1v) is 5.37. The Balaban J connectivity index is 1.96. The molecule has 4 heteroatoms. The number of benzene rings is 1.